The fourth-order valence-corrected chi connectivity index (χ4v) is 1.71. The quantitative estimate of drug-likeness (QED) is 0.895. The van der Waals surface area contributed by atoms with E-state index in [4.69, 9.17) is 0 Å². The van der Waals surface area contributed by atoms with Crippen LogP contribution in [0.2, 0.25) is 0 Å². The molecule has 18 heavy (non-hydrogen) atoms. The third-order valence-corrected chi connectivity index (χ3v) is 2.52. The lowest BCUT2D eigenvalue weighted by Gasteiger charge is -2.05. The van der Waals surface area contributed by atoms with Crippen molar-refractivity contribution >= 4 is 33.3 Å². The zero-order valence-electron chi connectivity index (χ0n) is 9.13. The molecule has 0 saturated heterocycles. The molecule has 1 heterocycles. The molecular formula is C9H9F3N2O3S. The molecular weight excluding hydrogens is 273 g/mol. The van der Waals surface area contributed by atoms with Gasteiger partial charge in [0.1, 0.15) is 0 Å². The van der Waals surface area contributed by atoms with Crippen LogP contribution in [0.1, 0.15) is 6.92 Å². The normalized spacial score (nSPS) is 10.9. The summed E-state index contributed by atoms with van der Waals surface area (Å²) in [5.74, 6) is -2.06. The molecule has 0 aliphatic carbocycles. The summed E-state index contributed by atoms with van der Waals surface area (Å²) in [6.07, 6.45) is -5.66. The standard InChI is InChI=1S/C9H9F3N2O3S/c1-2-17-8(16)14-6-4-3-5(18-6)13-7(15)9(10,11)12/h3-4H,2H2,1H3,(H,13,15)(H,14,16). The minimum Gasteiger partial charge on any atom is -0.450 e. The van der Waals surface area contributed by atoms with Crippen LogP contribution in [0.4, 0.5) is 28.0 Å². The van der Waals surface area contributed by atoms with Gasteiger partial charge in [-0.15, -0.1) is 11.3 Å². The maximum absolute atomic E-state index is 12.0. The summed E-state index contributed by atoms with van der Waals surface area (Å²) in [7, 11) is 0. The molecule has 100 valence electrons. The Hall–Kier alpha value is -1.77. The Bertz CT molecular complexity index is 445. The van der Waals surface area contributed by atoms with E-state index in [2.05, 4.69) is 10.1 Å². The summed E-state index contributed by atoms with van der Waals surface area (Å²) < 4.78 is 40.4. The summed E-state index contributed by atoms with van der Waals surface area (Å²) in [4.78, 5) is 21.6. The summed E-state index contributed by atoms with van der Waals surface area (Å²) in [6, 6.07) is 2.60. The number of anilines is 2. The number of carbonyl (C=O) groups excluding carboxylic acids is 2. The van der Waals surface area contributed by atoms with Crippen LogP contribution in [-0.4, -0.2) is 24.8 Å². The van der Waals surface area contributed by atoms with Crippen molar-refractivity contribution in [1.82, 2.24) is 0 Å². The van der Waals surface area contributed by atoms with Crippen molar-refractivity contribution in [2.45, 2.75) is 13.1 Å². The maximum atomic E-state index is 12.0. The topological polar surface area (TPSA) is 67.4 Å². The maximum Gasteiger partial charge on any atom is 0.471 e. The predicted molar refractivity (Wildman–Crippen MR) is 59.6 cm³/mol. The van der Waals surface area contributed by atoms with Crippen molar-refractivity contribution in [3.05, 3.63) is 12.1 Å². The molecule has 0 bridgehead atoms. The van der Waals surface area contributed by atoms with Crippen molar-refractivity contribution in [2.75, 3.05) is 17.2 Å². The van der Waals surface area contributed by atoms with Gasteiger partial charge in [0.2, 0.25) is 0 Å². The molecule has 0 radical (unpaired) electrons. The largest absolute Gasteiger partial charge is 0.471 e. The first-order chi connectivity index (χ1) is 8.32. The van der Waals surface area contributed by atoms with Gasteiger partial charge >= 0.3 is 18.2 Å². The number of carbonyl (C=O) groups is 2. The first-order valence-electron chi connectivity index (χ1n) is 4.74. The Balaban J connectivity index is 2.59. The third kappa shape index (κ3) is 4.24. The molecule has 5 nitrogen and oxygen atoms in total. The molecule has 1 aromatic rings. The average Bonchev–Trinajstić information content (AvgIpc) is 2.64. The number of amides is 2. The van der Waals surface area contributed by atoms with E-state index >= 15 is 0 Å². The van der Waals surface area contributed by atoms with E-state index in [1.54, 1.807) is 12.2 Å². The second kappa shape index (κ2) is 5.71. The minimum atomic E-state index is -4.95. The van der Waals surface area contributed by atoms with Crippen molar-refractivity contribution in [3.63, 3.8) is 0 Å². The van der Waals surface area contributed by atoms with E-state index in [1.807, 2.05) is 0 Å². The molecule has 0 spiro atoms. The number of halogens is 3. The molecule has 0 aromatic carbocycles. The third-order valence-electron chi connectivity index (χ3n) is 1.60. The van der Waals surface area contributed by atoms with Crippen LogP contribution in [-0.2, 0) is 9.53 Å². The van der Waals surface area contributed by atoms with Crippen LogP contribution in [0.25, 0.3) is 0 Å². The van der Waals surface area contributed by atoms with E-state index < -0.39 is 18.2 Å². The van der Waals surface area contributed by atoms with Gasteiger partial charge in [-0.1, -0.05) is 0 Å². The van der Waals surface area contributed by atoms with Crippen LogP contribution >= 0.6 is 11.3 Å². The number of rotatable bonds is 3. The molecule has 1 rings (SSSR count). The van der Waals surface area contributed by atoms with E-state index in [1.165, 1.54) is 12.1 Å². The molecule has 0 saturated carbocycles. The van der Waals surface area contributed by atoms with Gasteiger partial charge in [-0.2, -0.15) is 13.2 Å². The number of thiophene rings is 1. The molecule has 0 aliphatic heterocycles. The van der Waals surface area contributed by atoms with Crippen molar-refractivity contribution in [3.8, 4) is 0 Å². The first-order valence-corrected chi connectivity index (χ1v) is 5.56. The number of nitrogens with one attached hydrogen (secondary N) is 2. The highest BCUT2D eigenvalue weighted by molar-refractivity contribution is 7.20. The second-order valence-corrected chi connectivity index (χ2v) is 4.05. The monoisotopic (exact) mass is 282 g/mol. The number of ether oxygens (including phenoxy) is 1. The lowest BCUT2D eigenvalue weighted by molar-refractivity contribution is -0.167. The highest BCUT2D eigenvalue weighted by Crippen LogP contribution is 2.28. The van der Waals surface area contributed by atoms with E-state index in [0.29, 0.717) is 0 Å². The highest BCUT2D eigenvalue weighted by atomic mass is 32.1. The SMILES string of the molecule is CCOC(=O)Nc1ccc(NC(=O)C(F)(F)F)s1. The first kappa shape index (κ1) is 14.3. The molecule has 2 amide bonds. The van der Waals surface area contributed by atoms with E-state index in [-0.39, 0.29) is 16.6 Å². The van der Waals surface area contributed by atoms with Gasteiger partial charge in [0, 0.05) is 0 Å². The van der Waals surface area contributed by atoms with Gasteiger partial charge < -0.3 is 10.1 Å². The number of hydrogen-bond donors (Lipinski definition) is 2. The lowest BCUT2D eigenvalue weighted by atomic mass is 10.5. The molecule has 2 N–H and O–H groups in total. The van der Waals surface area contributed by atoms with Crippen LogP contribution in [0.15, 0.2) is 12.1 Å². The second-order valence-electron chi connectivity index (χ2n) is 2.96. The minimum absolute atomic E-state index is 0.0240. The Labute approximate surface area is 104 Å². The number of hydrogen-bond acceptors (Lipinski definition) is 4. The van der Waals surface area contributed by atoms with Gasteiger partial charge in [0.15, 0.2) is 0 Å². The fraction of sp³-hybridized carbons (Fsp3) is 0.333. The van der Waals surface area contributed by atoms with Crippen molar-refractivity contribution in [2.24, 2.45) is 0 Å². The molecule has 9 heteroatoms. The van der Waals surface area contributed by atoms with Crippen LogP contribution in [0, 0.1) is 0 Å². The zero-order valence-corrected chi connectivity index (χ0v) is 9.95. The van der Waals surface area contributed by atoms with Gasteiger partial charge in [0.25, 0.3) is 0 Å². The number of alkyl halides is 3. The molecule has 0 fully saturated rings. The Morgan fingerprint density at radius 1 is 1.28 bits per heavy atom. The van der Waals surface area contributed by atoms with Crippen molar-refractivity contribution < 1.29 is 27.5 Å². The van der Waals surface area contributed by atoms with Gasteiger partial charge in [-0.05, 0) is 19.1 Å². The smallest absolute Gasteiger partial charge is 0.450 e. The molecule has 1 aromatic heterocycles. The summed E-state index contributed by atoms with van der Waals surface area (Å²) in [6.45, 7) is 1.79. The Morgan fingerprint density at radius 2 is 1.83 bits per heavy atom. The zero-order chi connectivity index (χ0) is 13.8. The predicted octanol–water partition coefficient (Wildman–Crippen LogP) is 2.82. The molecule has 0 aliphatic rings. The summed E-state index contributed by atoms with van der Waals surface area (Å²) >= 11 is 0.788. The lowest BCUT2D eigenvalue weighted by Crippen LogP contribution is -2.29. The van der Waals surface area contributed by atoms with Gasteiger partial charge in [0.05, 0.1) is 16.6 Å². The average molecular weight is 282 g/mol. The van der Waals surface area contributed by atoms with Crippen LogP contribution < -0.4 is 10.6 Å². The molecule has 0 atom stereocenters. The Kier molecular flexibility index (Phi) is 4.54. The van der Waals surface area contributed by atoms with Crippen molar-refractivity contribution in [1.29, 1.82) is 0 Å². The molecule has 0 unspecified atom stereocenters. The van der Waals surface area contributed by atoms with Crippen LogP contribution in [0.3, 0.4) is 0 Å². The van der Waals surface area contributed by atoms with Gasteiger partial charge in [-0.25, -0.2) is 4.79 Å². The summed E-state index contributed by atoms with van der Waals surface area (Å²) in [5.41, 5.74) is 0. The Morgan fingerprint density at radius 3 is 2.33 bits per heavy atom. The van der Waals surface area contributed by atoms with Crippen LogP contribution in [0.5, 0.6) is 0 Å². The fourth-order valence-electron chi connectivity index (χ4n) is 0.923. The highest BCUT2D eigenvalue weighted by Gasteiger charge is 2.38. The summed E-state index contributed by atoms with van der Waals surface area (Å²) in [5, 5.41) is 4.22. The van der Waals surface area contributed by atoms with E-state index in [9.17, 15) is 22.8 Å². The van der Waals surface area contributed by atoms with E-state index in [0.717, 1.165) is 11.3 Å². The van der Waals surface area contributed by atoms with Gasteiger partial charge in [-0.3, -0.25) is 10.1 Å².